The van der Waals surface area contributed by atoms with Crippen LogP contribution in [0.5, 0.6) is 0 Å². The molecule has 2 saturated heterocycles. The lowest BCUT2D eigenvalue weighted by atomic mass is 10.2. The molecule has 186 valence electrons. The number of aliphatic hydroxyl groups is 1. The van der Waals surface area contributed by atoms with Gasteiger partial charge in [0.1, 0.15) is 5.52 Å². The van der Waals surface area contributed by atoms with Gasteiger partial charge in [-0.2, -0.15) is 4.98 Å². The molecular weight excluding hydrogens is 454 g/mol. The second kappa shape index (κ2) is 10.2. The summed E-state index contributed by atoms with van der Waals surface area (Å²) >= 11 is 0. The standard InChI is InChI=1S/C24H30F2N8O/c1-2-6-32-7-5-17(15-32)34-16-28-19-14-27-24(30-23(19)34)29-18-3-4-20(22(26)21(18)25)33-10-8-31(9-11-33)12-13-35/h2-4,14,16-17,35H,1,5-13,15H2,(H,27,29,30). The summed E-state index contributed by atoms with van der Waals surface area (Å²) in [6, 6.07) is 3.33. The second-order valence-electron chi connectivity index (χ2n) is 8.98. The van der Waals surface area contributed by atoms with Gasteiger partial charge in [-0.25, -0.2) is 18.7 Å². The molecule has 0 bridgehead atoms. The first-order valence-corrected chi connectivity index (χ1v) is 11.9. The highest BCUT2D eigenvalue weighted by Gasteiger charge is 2.26. The minimum absolute atomic E-state index is 0.0198. The smallest absolute Gasteiger partial charge is 0.229 e. The Bertz CT molecular complexity index is 1190. The SMILES string of the molecule is C=CCN1CCC(n2cnc3cnc(Nc4ccc(N5CCN(CCO)CC5)c(F)c4F)nc32)C1. The number of fused-ring (bicyclic) bond motifs is 1. The third kappa shape index (κ3) is 4.84. The molecule has 5 rings (SSSR count). The van der Waals surface area contributed by atoms with Crippen LogP contribution >= 0.6 is 0 Å². The van der Waals surface area contributed by atoms with E-state index in [2.05, 4.69) is 36.6 Å². The van der Waals surface area contributed by atoms with E-state index < -0.39 is 11.6 Å². The maximum atomic E-state index is 15.0. The van der Waals surface area contributed by atoms with Crippen molar-refractivity contribution in [3.63, 3.8) is 0 Å². The molecule has 4 heterocycles. The first kappa shape index (κ1) is 23.6. The fourth-order valence-electron chi connectivity index (χ4n) is 4.90. The number of nitrogens with one attached hydrogen (secondary N) is 1. The molecule has 2 aliphatic heterocycles. The quantitative estimate of drug-likeness (QED) is 0.472. The molecule has 9 nitrogen and oxygen atoms in total. The van der Waals surface area contributed by atoms with E-state index in [4.69, 9.17) is 5.11 Å². The number of halogens is 2. The molecule has 0 amide bonds. The van der Waals surface area contributed by atoms with Crippen LogP contribution in [0.1, 0.15) is 12.5 Å². The summed E-state index contributed by atoms with van der Waals surface area (Å²) in [6.07, 6.45) is 6.23. The molecule has 35 heavy (non-hydrogen) atoms. The third-order valence-corrected chi connectivity index (χ3v) is 6.78. The van der Waals surface area contributed by atoms with Crippen molar-refractivity contribution < 1.29 is 13.9 Å². The fourth-order valence-corrected chi connectivity index (χ4v) is 4.90. The number of β-amino-alcohol motifs (C(OH)–C–C–N with tert-alkyl or cyclic N) is 1. The summed E-state index contributed by atoms with van der Waals surface area (Å²) in [6.45, 7) is 9.69. The summed E-state index contributed by atoms with van der Waals surface area (Å²) in [7, 11) is 0. The highest BCUT2D eigenvalue weighted by Crippen LogP contribution is 2.30. The van der Waals surface area contributed by atoms with Crippen LogP contribution in [0.4, 0.5) is 26.1 Å². The highest BCUT2D eigenvalue weighted by molar-refractivity contribution is 5.72. The summed E-state index contributed by atoms with van der Waals surface area (Å²) in [5.74, 6) is -1.68. The summed E-state index contributed by atoms with van der Waals surface area (Å²) in [5.41, 5.74) is 1.52. The van der Waals surface area contributed by atoms with Gasteiger partial charge in [-0.1, -0.05) is 6.08 Å². The van der Waals surface area contributed by atoms with Crippen molar-refractivity contribution in [2.24, 2.45) is 0 Å². The van der Waals surface area contributed by atoms with E-state index in [1.54, 1.807) is 18.6 Å². The van der Waals surface area contributed by atoms with Gasteiger partial charge in [0.25, 0.3) is 0 Å². The number of nitrogens with zero attached hydrogens (tertiary/aromatic N) is 7. The Labute approximate surface area is 202 Å². The summed E-state index contributed by atoms with van der Waals surface area (Å²) < 4.78 is 32.0. The zero-order chi connectivity index (χ0) is 24.4. The molecule has 0 aliphatic carbocycles. The molecule has 0 saturated carbocycles. The second-order valence-corrected chi connectivity index (χ2v) is 8.98. The van der Waals surface area contributed by atoms with Gasteiger partial charge in [0.05, 0.1) is 36.5 Å². The van der Waals surface area contributed by atoms with Crippen molar-refractivity contribution in [1.82, 2.24) is 29.3 Å². The maximum Gasteiger partial charge on any atom is 0.229 e. The van der Waals surface area contributed by atoms with Gasteiger partial charge in [-0.3, -0.25) is 9.80 Å². The van der Waals surface area contributed by atoms with E-state index in [9.17, 15) is 4.39 Å². The molecule has 2 aliphatic rings. The van der Waals surface area contributed by atoms with Crippen LogP contribution < -0.4 is 10.2 Å². The van der Waals surface area contributed by atoms with Gasteiger partial charge in [0.15, 0.2) is 17.3 Å². The minimum atomic E-state index is -0.964. The maximum absolute atomic E-state index is 15.0. The van der Waals surface area contributed by atoms with Crippen molar-refractivity contribution in [2.75, 3.05) is 69.2 Å². The van der Waals surface area contributed by atoms with Crippen molar-refractivity contribution in [1.29, 1.82) is 0 Å². The molecule has 3 aromatic rings. The first-order valence-electron chi connectivity index (χ1n) is 11.9. The Morgan fingerprint density at radius 1 is 1.09 bits per heavy atom. The van der Waals surface area contributed by atoms with Crippen molar-refractivity contribution in [3.05, 3.63) is 48.9 Å². The molecule has 2 fully saturated rings. The van der Waals surface area contributed by atoms with Crippen molar-refractivity contribution >= 4 is 28.5 Å². The van der Waals surface area contributed by atoms with E-state index in [-0.39, 0.29) is 30.0 Å². The molecule has 11 heteroatoms. The number of imidazole rings is 1. The Hall–Kier alpha value is -3.15. The van der Waals surface area contributed by atoms with Crippen LogP contribution in [-0.2, 0) is 0 Å². The number of likely N-dealkylation sites (tertiary alicyclic amines) is 1. The molecule has 0 spiro atoms. The topological polar surface area (TPSA) is 85.6 Å². The van der Waals surface area contributed by atoms with Gasteiger partial charge in [0, 0.05) is 52.4 Å². The van der Waals surface area contributed by atoms with Crippen LogP contribution in [0.15, 0.2) is 37.3 Å². The van der Waals surface area contributed by atoms with E-state index in [1.807, 2.05) is 15.5 Å². The largest absolute Gasteiger partial charge is 0.395 e. The predicted molar refractivity (Wildman–Crippen MR) is 131 cm³/mol. The normalized spacial score (nSPS) is 19.5. The number of benzene rings is 1. The highest BCUT2D eigenvalue weighted by atomic mass is 19.2. The number of hydrogen-bond donors (Lipinski definition) is 2. The minimum Gasteiger partial charge on any atom is -0.395 e. The summed E-state index contributed by atoms with van der Waals surface area (Å²) in [5, 5.41) is 11.9. The number of rotatable bonds is 8. The van der Waals surface area contributed by atoms with E-state index >= 15 is 4.39 Å². The molecule has 2 N–H and O–H groups in total. The first-order chi connectivity index (χ1) is 17.1. The fraction of sp³-hybridized carbons (Fsp3) is 0.458. The predicted octanol–water partition coefficient (Wildman–Crippen LogP) is 2.40. The average molecular weight is 485 g/mol. The molecule has 1 aromatic carbocycles. The van der Waals surface area contributed by atoms with Gasteiger partial charge >= 0.3 is 0 Å². The Kier molecular flexibility index (Phi) is 6.89. The van der Waals surface area contributed by atoms with Gasteiger partial charge < -0.3 is 19.9 Å². The van der Waals surface area contributed by atoms with Crippen molar-refractivity contribution in [2.45, 2.75) is 12.5 Å². The molecule has 0 radical (unpaired) electrons. The van der Waals surface area contributed by atoms with Crippen LogP contribution in [0.2, 0.25) is 0 Å². The van der Waals surface area contributed by atoms with Crippen molar-refractivity contribution in [3.8, 4) is 0 Å². The molecule has 1 atom stereocenters. The van der Waals surface area contributed by atoms with E-state index in [0.29, 0.717) is 43.9 Å². The monoisotopic (exact) mass is 484 g/mol. The zero-order valence-corrected chi connectivity index (χ0v) is 19.6. The Balaban J connectivity index is 1.33. The van der Waals surface area contributed by atoms with Gasteiger partial charge in [-0.05, 0) is 18.6 Å². The van der Waals surface area contributed by atoms with E-state index in [0.717, 1.165) is 26.1 Å². The van der Waals surface area contributed by atoms with Crippen LogP contribution in [-0.4, -0.2) is 93.4 Å². The molecule has 1 unspecified atom stereocenters. The zero-order valence-electron chi connectivity index (χ0n) is 19.6. The average Bonchev–Trinajstić information content (AvgIpc) is 3.50. The lowest BCUT2D eigenvalue weighted by Crippen LogP contribution is -2.47. The lowest BCUT2D eigenvalue weighted by Gasteiger charge is -2.36. The molecular formula is C24H30F2N8O. The van der Waals surface area contributed by atoms with Crippen LogP contribution in [0.3, 0.4) is 0 Å². The third-order valence-electron chi connectivity index (χ3n) is 6.78. The number of piperazine rings is 1. The Morgan fingerprint density at radius 3 is 2.69 bits per heavy atom. The number of anilines is 3. The summed E-state index contributed by atoms with van der Waals surface area (Å²) in [4.78, 5) is 19.5. The lowest BCUT2D eigenvalue weighted by molar-refractivity contribution is 0.188. The van der Waals surface area contributed by atoms with Gasteiger partial charge in [-0.15, -0.1) is 6.58 Å². The number of aromatic nitrogens is 4. The van der Waals surface area contributed by atoms with Crippen LogP contribution in [0, 0.1) is 11.6 Å². The van der Waals surface area contributed by atoms with E-state index in [1.165, 1.54) is 6.07 Å². The number of aliphatic hydroxyl groups excluding tert-OH is 1. The van der Waals surface area contributed by atoms with Gasteiger partial charge in [0.2, 0.25) is 5.95 Å². The Morgan fingerprint density at radius 2 is 1.91 bits per heavy atom. The van der Waals surface area contributed by atoms with Crippen LogP contribution in [0.25, 0.3) is 11.2 Å². The molecule has 2 aromatic heterocycles. The number of hydrogen-bond acceptors (Lipinski definition) is 8.